The molecule has 5 heteroatoms. The SMILES string of the molecule is CN(CC1(O)CCOCC1)C(=O)CC1CCCC(N)C1. The van der Waals surface area contributed by atoms with Gasteiger partial charge in [0.15, 0.2) is 0 Å². The van der Waals surface area contributed by atoms with Gasteiger partial charge in [-0.3, -0.25) is 4.79 Å². The number of aliphatic hydroxyl groups is 1. The average molecular weight is 284 g/mol. The molecular formula is C15H28N2O3. The summed E-state index contributed by atoms with van der Waals surface area (Å²) in [4.78, 5) is 14.0. The molecule has 116 valence electrons. The average Bonchev–Trinajstić information content (AvgIpc) is 2.39. The molecule has 0 aromatic heterocycles. The molecule has 2 rings (SSSR count). The van der Waals surface area contributed by atoms with Crippen LogP contribution in [-0.4, -0.2) is 54.4 Å². The number of rotatable bonds is 4. The lowest BCUT2D eigenvalue weighted by Crippen LogP contribution is -2.47. The van der Waals surface area contributed by atoms with Crippen molar-refractivity contribution in [3.63, 3.8) is 0 Å². The zero-order chi connectivity index (χ0) is 14.6. The summed E-state index contributed by atoms with van der Waals surface area (Å²) in [6, 6.07) is 0.256. The van der Waals surface area contributed by atoms with Gasteiger partial charge in [0.25, 0.3) is 0 Å². The van der Waals surface area contributed by atoms with Gasteiger partial charge >= 0.3 is 0 Å². The maximum atomic E-state index is 12.3. The fourth-order valence-electron chi connectivity index (χ4n) is 3.36. The predicted octanol–water partition coefficient (Wildman–Crippen LogP) is 0.894. The number of ether oxygens (including phenoxy) is 1. The van der Waals surface area contributed by atoms with E-state index >= 15 is 0 Å². The summed E-state index contributed by atoms with van der Waals surface area (Å²) in [7, 11) is 1.79. The Kier molecular flexibility index (Phi) is 5.41. The lowest BCUT2D eigenvalue weighted by atomic mass is 9.84. The smallest absolute Gasteiger partial charge is 0.222 e. The van der Waals surface area contributed by atoms with Crippen molar-refractivity contribution in [3.8, 4) is 0 Å². The van der Waals surface area contributed by atoms with Crippen LogP contribution in [0.25, 0.3) is 0 Å². The molecule has 2 aliphatic rings. The molecule has 5 nitrogen and oxygen atoms in total. The molecule has 0 bridgehead atoms. The van der Waals surface area contributed by atoms with Crippen molar-refractivity contribution in [2.24, 2.45) is 11.7 Å². The van der Waals surface area contributed by atoms with Gasteiger partial charge in [-0.15, -0.1) is 0 Å². The fourth-order valence-corrected chi connectivity index (χ4v) is 3.36. The number of carbonyl (C=O) groups is 1. The number of amides is 1. The van der Waals surface area contributed by atoms with Gasteiger partial charge < -0.3 is 20.5 Å². The number of hydrogen-bond acceptors (Lipinski definition) is 4. The Labute approximate surface area is 121 Å². The maximum Gasteiger partial charge on any atom is 0.222 e. The minimum atomic E-state index is -0.772. The number of likely N-dealkylation sites (N-methyl/N-ethyl adjacent to an activating group) is 1. The summed E-state index contributed by atoms with van der Waals surface area (Å²) >= 11 is 0. The third-order valence-electron chi connectivity index (χ3n) is 4.67. The first-order valence-corrected chi connectivity index (χ1v) is 7.78. The lowest BCUT2D eigenvalue weighted by molar-refractivity contribution is -0.138. The van der Waals surface area contributed by atoms with Crippen LogP contribution >= 0.6 is 0 Å². The topological polar surface area (TPSA) is 75.8 Å². The van der Waals surface area contributed by atoms with E-state index in [9.17, 15) is 9.90 Å². The van der Waals surface area contributed by atoms with Crippen molar-refractivity contribution >= 4 is 5.91 Å². The molecule has 2 unspecified atom stereocenters. The van der Waals surface area contributed by atoms with Crippen LogP contribution in [0.2, 0.25) is 0 Å². The minimum Gasteiger partial charge on any atom is -0.388 e. The highest BCUT2D eigenvalue weighted by Crippen LogP contribution is 2.27. The summed E-state index contributed by atoms with van der Waals surface area (Å²) < 4.78 is 5.26. The van der Waals surface area contributed by atoms with Crippen molar-refractivity contribution in [2.45, 2.75) is 56.6 Å². The molecule has 1 aliphatic carbocycles. The Bertz CT molecular complexity index is 329. The molecule has 2 atom stereocenters. The first kappa shape index (κ1) is 15.7. The molecule has 3 N–H and O–H groups in total. The normalized spacial score (nSPS) is 29.9. The van der Waals surface area contributed by atoms with Gasteiger partial charge in [-0.25, -0.2) is 0 Å². The summed E-state index contributed by atoms with van der Waals surface area (Å²) in [5, 5.41) is 10.4. The van der Waals surface area contributed by atoms with Gasteiger partial charge in [0.05, 0.1) is 5.60 Å². The van der Waals surface area contributed by atoms with E-state index in [4.69, 9.17) is 10.5 Å². The van der Waals surface area contributed by atoms with E-state index in [2.05, 4.69) is 0 Å². The number of carbonyl (C=O) groups excluding carboxylic acids is 1. The lowest BCUT2D eigenvalue weighted by Gasteiger charge is -2.36. The van der Waals surface area contributed by atoms with E-state index < -0.39 is 5.60 Å². The van der Waals surface area contributed by atoms with Crippen molar-refractivity contribution in [1.29, 1.82) is 0 Å². The summed E-state index contributed by atoms with van der Waals surface area (Å²) in [5.41, 5.74) is 5.20. The number of nitrogens with zero attached hydrogens (tertiary/aromatic N) is 1. The van der Waals surface area contributed by atoms with Crippen LogP contribution in [0.4, 0.5) is 0 Å². The standard InChI is InChI=1S/C15H28N2O3/c1-17(11-15(19)5-7-20-8-6-15)14(18)10-12-3-2-4-13(16)9-12/h12-13,19H,2-11,16H2,1H3. The van der Waals surface area contributed by atoms with Gasteiger partial charge in [-0.1, -0.05) is 6.42 Å². The van der Waals surface area contributed by atoms with Crippen LogP contribution < -0.4 is 5.73 Å². The first-order valence-electron chi connectivity index (χ1n) is 7.78. The van der Waals surface area contributed by atoms with Crippen LogP contribution in [0.1, 0.15) is 44.9 Å². The summed E-state index contributed by atoms with van der Waals surface area (Å²) in [6.45, 7) is 1.57. The Morgan fingerprint density at radius 2 is 2.10 bits per heavy atom. The van der Waals surface area contributed by atoms with Crippen LogP contribution in [0.15, 0.2) is 0 Å². The van der Waals surface area contributed by atoms with Gasteiger partial charge in [-0.05, 0) is 25.2 Å². The Morgan fingerprint density at radius 1 is 1.40 bits per heavy atom. The van der Waals surface area contributed by atoms with Gasteiger partial charge in [0.1, 0.15) is 0 Å². The fraction of sp³-hybridized carbons (Fsp3) is 0.933. The highest BCUT2D eigenvalue weighted by atomic mass is 16.5. The van der Waals surface area contributed by atoms with E-state index in [1.165, 1.54) is 0 Å². The molecule has 1 saturated heterocycles. The Morgan fingerprint density at radius 3 is 2.75 bits per heavy atom. The van der Waals surface area contributed by atoms with Crippen molar-refractivity contribution in [1.82, 2.24) is 4.90 Å². The van der Waals surface area contributed by atoms with E-state index in [-0.39, 0.29) is 11.9 Å². The van der Waals surface area contributed by atoms with Crippen LogP contribution in [0.3, 0.4) is 0 Å². The molecule has 0 aromatic rings. The largest absolute Gasteiger partial charge is 0.388 e. The molecule has 2 fully saturated rings. The second-order valence-corrected chi connectivity index (χ2v) is 6.58. The van der Waals surface area contributed by atoms with Crippen LogP contribution in [-0.2, 0) is 9.53 Å². The molecule has 1 heterocycles. The van der Waals surface area contributed by atoms with Crippen molar-refractivity contribution in [3.05, 3.63) is 0 Å². The number of hydrogen-bond donors (Lipinski definition) is 2. The number of nitrogens with two attached hydrogens (primary N) is 1. The van der Waals surface area contributed by atoms with E-state index in [1.54, 1.807) is 11.9 Å². The summed E-state index contributed by atoms with van der Waals surface area (Å²) in [6.07, 6.45) is 6.06. The molecule has 1 saturated carbocycles. The highest BCUT2D eigenvalue weighted by molar-refractivity contribution is 5.76. The van der Waals surface area contributed by atoms with Gasteiger partial charge in [0, 0.05) is 52.1 Å². The molecule has 1 aliphatic heterocycles. The molecular weight excluding hydrogens is 256 g/mol. The van der Waals surface area contributed by atoms with Crippen molar-refractivity contribution in [2.75, 3.05) is 26.8 Å². The maximum absolute atomic E-state index is 12.3. The zero-order valence-corrected chi connectivity index (χ0v) is 12.5. The van der Waals surface area contributed by atoms with E-state index in [1.807, 2.05) is 0 Å². The van der Waals surface area contributed by atoms with Gasteiger partial charge in [0.2, 0.25) is 5.91 Å². The third-order valence-corrected chi connectivity index (χ3v) is 4.67. The Balaban J connectivity index is 1.79. The quantitative estimate of drug-likeness (QED) is 0.804. The molecule has 0 radical (unpaired) electrons. The van der Waals surface area contributed by atoms with E-state index in [0.29, 0.717) is 44.9 Å². The second-order valence-electron chi connectivity index (χ2n) is 6.58. The minimum absolute atomic E-state index is 0.129. The zero-order valence-electron chi connectivity index (χ0n) is 12.5. The predicted molar refractivity (Wildman–Crippen MR) is 77.2 cm³/mol. The molecule has 20 heavy (non-hydrogen) atoms. The summed E-state index contributed by atoms with van der Waals surface area (Å²) in [5.74, 6) is 0.544. The van der Waals surface area contributed by atoms with Gasteiger partial charge in [-0.2, -0.15) is 0 Å². The van der Waals surface area contributed by atoms with Crippen molar-refractivity contribution < 1.29 is 14.6 Å². The van der Waals surface area contributed by atoms with Crippen LogP contribution in [0.5, 0.6) is 0 Å². The molecule has 1 amide bonds. The highest BCUT2D eigenvalue weighted by Gasteiger charge is 2.33. The first-order chi connectivity index (χ1) is 9.48. The Hall–Kier alpha value is -0.650. The monoisotopic (exact) mass is 284 g/mol. The molecule has 0 aromatic carbocycles. The second kappa shape index (κ2) is 6.87. The van der Waals surface area contributed by atoms with Crippen LogP contribution in [0, 0.1) is 5.92 Å². The third kappa shape index (κ3) is 4.43. The van der Waals surface area contributed by atoms with E-state index in [0.717, 1.165) is 25.7 Å². The molecule has 0 spiro atoms.